The summed E-state index contributed by atoms with van der Waals surface area (Å²) >= 11 is 0. The molecule has 1 N–H and O–H groups in total. The van der Waals surface area contributed by atoms with Gasteiger partial charge >= 0.3 is 0 Å². The van der Waals surface area contributed by atoms with Crippen LogP contribution in [0.25, 0.3) is 0 Å². The van der Waals surface area contributed by atoms with E-state index in [0.717, 1.165) is 36.5 Å². The maximum Gasteiger partial charge on any atom is 0.231 e. The monoisotopic (exact) mass is 236 g/mol. The molecule has 1 fully saturated rings. The van der Waals surface area contributed by atoms with Crippen LogP contribution in [0.3, 0.4) is 0 Å². The number of fused-ring (bicyclic) bond motifs is 1. The Morgan fingerprint density at radius 3 is 2.94 bits per heavy atom. The Bertz CT molecular complexity index is 398. The summed E-state index contributed by atoms with van der Waals surface area (Å²) in [7, 11) is 0. The van der Waals surface area contributed by atoms with Crippen LogP contribution in [-0.2, 0) is 4.74 Å². The molecule has 0 radical (unpaired) electrons. The molecule has 17 heavy (non-hydrogen) atoms. The third-order valence-corrected chi connectivity index (χ3v) is 3.38. The Hall–Kier alpha value is -1.26. The van der Waals surface area contributed by atoms with E-state index in [1.54, 1.807) is 0 Å². The molecule has 2 aliphatic rings. The topological polar surface area (TPSA) is 47.9 Å². The minimum Gasteiger partial charge on any atom is -0.454 e. The van der Waals surface area contributed by atoms with Crippen molar-refractivity contribution in [3.05, 3.63) is 23.8 Å². The standard InChI is InChI=1S/C13H16O4/c14-13(10-2-1-5-15-7-10)9-3-4-11-12(6-9)17-8-16-11/h3-4,6,10,13-14H,1-2,5,7-8H2. The van der Waals surface area contributed by atoms with Crippen molar-refractivity contribution in [1.82, 2.24) is 0 Å². The van der Waals surface area contributed by atoms with Crippen molar-refractivity contribution < 1.29 is 19.3 Å². The van der Waals surface area contributed by atoms with Crippen LogP contribution in [-0.4, -0.2) is 25.1 Å². The smallest absolute Gasteiger partial charge is 0.231 e. The number of aliphatic hydroxyl groups is 1. The SMILES string of the molecule is OC(c1ccc2c(c1)OCO2)C1CCCOC1. The molecule has 1 aromatic rings. The van der Waals surface area contributed by atoms with Crippen LogP contribution in [0.2, 0.25) is 0 Å². The second-order valence-corrected chi connectivity index (χ2v) is 4.53. The predicted octanol–water partition coefficient (Wildman–Crippen LogP) is 1.88. The molecule has 0 aromatic heterocycles. The molecule has 0 spiro atoms. The first-order chi connectivity index (χ1) is 8.34. The Morgan fingerprint density at radius 2 is 2.12 bits per heavy atom. The van der Waals surface area contributed by atoms with Crippen molar-refractivity contribution in [3.63, 3.8) is 0 Å². The molecule has 92 valence electrons. The highest BCUT2D eigenvalue weighted by atomic mass is 16.7. The average molecular weight is 236 g/mol. The Labute approximate surface area is 100 Å². The molecule has 2 unspecified atom stereocenters. The first kappa shape index (κ1) is 10.9. The van der Waals surface area contributed by atoms with E-state index in [9.17, 15) is 5.11 Å². The fraction of sp³-hybridized carbons (Fsp3) is 0.538. The molecular weight excluding hydrogens is 220 g/mol. The highest BCUT2D eigenvalue weighted by Crippen LogP contribution is 2.37. The molecule has 0 amide bonds. The van der Waals surface area contributed by atoms with Crippen LogP contribution >= 0.6 is 0 Å². The van der Waals surface area contributed by atoms with Crippen LogP contribution < -0.4 is 9.47 Å². The van der Waals surface area contributed by atoms with Gasteiger partial charge in [0.05, 0.1) is 12.7 Å². The van der Waals surface area contributed by atoms with Gasteiger partial charge in [0.1, 0.15) is 0 Å². The van der Waals surface area contributed by atoms with E-state index in [1.807, 2.05) is 18.2 Å². The summed E-state index contributed by atoms with van der Waals surface area (Å²) in [6.07, 6.45) is 1.55. The lowest BCUT2D eigenvalue weighted by atomic mass is 9.91. The number of ether oxygens (including phenoxy) is 3. The van der Waals surface area contributed by atoms with Gasteiger partial charge in [0.2, 0.25) is 6.79 Å². The van der Waals surface area contributed by atoms with Gasteiger partial charge in [-0.15, -0.1) is 0 Å². The van der Waals surface area contributed by atoms with Crippen molar-refractivity contribution >= 4 is 0 Å². The Kier molecular flexibility index (Phi) is 2.91. The zero-order valence-corrected chi connectivity index (χ0v) is 9.59. The zero-order valence-electron chi connectivity index (χ0n) is 9.59. The molecule has 0 bridgehead atoms. The number of hydrogen-bond acceptors (Lipinski definition) is 4. The van der Waals surface area contributed by atoms with E-state index in [0.29, 0.717) is 6.61 Å². The fourth-order valence-corrected chi connectivity index (χ4v) is 2.38. The molecular formula is C13H16O4. The molecule has 2 atom stereocenters. The van der Waals surface area contributed by atoms with Gasteiger partial charge in [0.25, 0.3) is 0 Å². The molecule has 2 aliphatic heterocycles. The number of rotatable bonds is 2. The Balaban J connectivity index is 1.78. The number of hydrogen-bond donors (Lipinski definition) is 1. The first-order valence-corrected chi connectivity index (χ1v) is 6.00. The highest BCUT2D eigenvalue weighted by Gasteiger charge is 2.25. The van der Waals surface area contributed by atoms with Crippen molar-refractivity contribution in [2.75, 3.05) is 20.0 Å². The number of benzene rings is 1. The lowest BCUT2D eigenvalue weighted by molar-refractivity contribution is -0.0100. The van der Waals surface area contributed by atoms with Gasteiger partial charge in [-0.1, -0.05) is 6.07 Å². The lowest BCUT2D eigenvalue weighted by Crippen LogP contribution is -2.23. The number of aliphatic hydroxyl groups excluding tert-OH is 1. The minimum atomic E-state index is -0.482. The molecule has 1 aromatic carbocycles. The molecule has 0 aliphatic carbocycles. The van der Waals surface area contributed by atoms with Gasteiger partial charge in [-0.3, -0.25) is 0 Å². The summed E-state index contributed by atoms with van der Waals surface area (Å²) in [5, 5.41) is 10.3. The van der Waals surface area contributed by atoms with E-state index < -0.39 is 6.10 Å². The van der Waals surface area contributed by atoms with Gasteiger partial charge in [-0.05, 0) is 30.5 Å². The third kappa shape index (κ3) is 2.10. The minimum absolute atomic E-state index is 0.184. The largest absolute Gasteiger partial charge is 0.454 e. The highest BCUT2D eigenvalue weighted by molar-refractivity contribution is 5.45. The maximum absolute atomic E-state index is 10.3. The van der Waals surface area contributed by atoms with E-state index in [1.165, 1.54) is 0 Å². The summed E-state index contributed by atoms with van der Waals surface area (Å²) in [5.74, 6) is 1.66. The van der Waals surface area contributed by atoms with E-state index >= 15 is 0 Å². The average Bonchev–Trinajstić information content (AvgIpc) is 2.86. The van der Waals surface area contributed by atoms with Crippen LogP contribution in [0.4, 0.5) is 0 Å². The van der Waals surface area contributed by atoms with Crippen LogP contribution in [0, 0.1) is 5.92 Å². The predicted molar refractivity (Wildman–Crippen MR) is 61.1 cm³/mol. The van der Waals surface area contributed by atoms with Gasteiger partial charge in [-0.25, -0.2) is 0 Å². The van der Waals surface area contributed by atoms with Crippen molar-refractivity contribution in [3.8, 4) is 11.5 Å². The van der Waals surface area contributed by atoms with E-state index in [4.69, 9.17) is 14.2 Å². The summed E-state index contributed by atoms with van der Waals surface area (Å²) in [4.78, 5) is 0. The zero-order chi connectivity index (χ0) is 11.7. The molecule has 4 heteroatoms. The third-order valence-electron chi connectivity index (χ3n) is 3.38. The summed E-state index contributed by atoms with van der Waals surface area (Å²) in [6.45, 7) is 1.71. The molecule has 3 rings (SSSR count). The summed E-state index contributed by atoms with van der Waals surface area (Å²) < 4.78 is 16.0. The van der Waals surface area contributed by atoms with Crippen molar-refractivity contribution in [2.24, 2.45) is 5.92 Å². The maximum atomic E-state index is 10.3. The Morgan fingerprint density at radius 1 is 1.24 bits per heavy atom. The van der Waals surface area contributed by atoms with E-state index in [-0.39, 0.29) is 12.7 Å². The molecule has 1 saturated heterocycles. The second-order valence-electron chi connectivity index (χ2n) is 4.53. The summed E-state index contributed by atoms with van der Waals surface area (Å²) in [5.41, 5.74) is 0.879. The molecule has 2 heterocycles. The van der Waals surface area contributed by atoms with Crippen LogP contribution in [0.1, 0.15) is 24.5 Å². The van der Waals surface area contributed by atoms with Crippen LogP contribution in [0.15, 0.2) is 18.2 Å². The first-order valence-electron chi connectivity index (χ1n) is 6.00. The molecule has 0 saturated carbocycles. The van der Waals surface area contributed by atoms with Gasteiger partial charge in [-0.2, -0.15) is 0 Å². The normalized spacial score (nSPS) is 24.6. The molecule has 4 nitrogen and oxygen atoms in total. The summed E-state index contributed by atoms with van der Waals surface area (Å²) in [6, 6.07) is 5.61. The fourth-order valence-electron chi connectivity index (χ4n) is 2.38. The van der Waals surface area contributed by atoms with Crippen LogP contribution in [0.5, 0.6) is 11.5 Å². The van der Waals surface area contributed by atoms with Crippen molar-refractivity contribution in [1.29, 1.82) is 0 Å². The second kappa shape index (κ2) is 4.55. The lowest BCUT2D eigenvalue weighted by Gasteiger charge is -2.27. The van der Waals surface area contributed by atoms with E-state index in [2.05, 4.69) is 0 Å². The van der Waals surface area contributed by atoms with Gasteiger partial charge in [0, 0.05) is 12.5 Å². The van der Waals surface area contributed by atoms with Gasteiger partial charge in [0.15, 0.2) is 11.5 Å². The van der Waals surface area contributed by atoms with Crippen molar-refractivity contribution in [2.45, 2.75) is 18.9 Å². The quantitative estimate of drug-likeness (QED) is 0.851. The van der Waals surface area contributed by atoms with Gasteiger partial charge < -0.3 is 19.3 Å².